The lowest BCUT2D eigenvalue weighted by molar-refractivity contribution is 0.390. The van der Waals surface area contributed by atoms with Crippen LogP contribution in [0.3, 0.4) is 0 Å². The average molecular weight is 418 g/mol. The second kappa shape index (κ2) is 7.69. The van der Waals surface area contributed by atoms with Crippen LogP contribution in [-0.4, -0.2) is 71.7 Å². The first kappa shape index (κ1) is 19.7. The van der Waals surface area contributed by atoms with Gasteiger partial charge in [0.1, 0.15) is 11.6 Å². The van der Waals surface area contributed by atoms with Crippen molar-refractivity contribution in [2.24, 2.45) is 0 Å². The summed E-state index contributed by atoms with van der Waals surface area (Å²) in [5.74, 6) is 1.02. The predicted octanol–water partition coefficient (Wildman–Crippen LogP) is 1.85. The van der Waals surface area contributed by atoms with Gasteiger partial charge >= 0.3 is 0 Å². The summed E-state index contributed by atoms with van der Waals surface area (Å²) in [6.45, 7) is 2.16. The van der Waals surface area contributed by atoms with Gasteiger partial charge in [-0.05, 0) is 36.8 Å². The fourth-order valence-corrected chi connectivity index (χ4v) is 4.52. The first-order valence-corrected chi connectivity index (χ1v) is 10.8. The van der Waals surface area contributed by atoms with E-state index >= 15 is 0 Å². The van der Waals surface area contributed by atoms with Crippen molar-refractivity contribution in [3.05, 3.63) is 48.5 Å². The maximum absolute atomic E-state index is 13.2. The molecule has 1 aliphatic rings. The van der Waals surface area contributed by atoms with Crippen LogP contribution in [0.25, 0.3) is 17.0 Å². The number of hydrogen-bond acceptors (Lipinski definition) is 5. The van der Waals surface area contributed by atoms with Gasteiger partial charge in [0.05, 0.1) is 5.69 Å². The minimum Gasteiger partial charge on any atom is -0.355 e. The fraction of sp³-hybridized carbons (Fsp3) is 0.368. The molecule has 0 unspecified atom stereocenters. The fourth-order valence-electron chi connectivity index (χ4n) is 3.38. The Morgan fingerprint density at radius 2 is 1.76 bits per heavy atom. The van der Waals surface area contributed by atoms with Crippen LogP contribution in [0.1, 0.15) is 6.42 Å². The van der Waals surface area contributed by atoms with E-state index in [1.807, 2.05) is 22.9 Å². The molecular formula is C19H23FN6O2S. The molecule has 2 aromatic heterocycles. The molecule has 1 saturated heterocycles. The Labute approximate surface area is 169 Å². The summed E-state index contributed by atoms with van der Waals surface area (Å²) in [7, 11) is -0.325. The molecule has 10 heteroatoms. The summed E-state index contributed by atoms with van der Waals surface area (Å²) in [6.07, 6.45) is 4.46. The average Bonchev–Trinajstić information content (AvgIpc) is 2.95. The molecule has 0 bridgehead atoms. The zero-order chi connectivity index (χ0) is 20.6. The Kier molecular flexibility index (Phi) is 5.24. The number of anilines is 1. The Morgan fingerprint density at radius 1 is 1.00 bits per heavy atom. The van der Waals surface area contributed by atoms with Crippen molar-refractivity contribution < 1.29 is 12.8 Å². The van der Waals surface area contributed by atoms with Gasteiger partial charge in [-0.3, -0.25) is 4.40 Å². The number of hydrogen-bond donors (Lipinski definition) is 0. The van der Waals surface area contributed by atoms with E-state index in [4.69, 9.17) is 0 Å². The van der Waals surface area contributed by atoms with Crippen LogP contribution in [0, 0.1) is 5.82 Å². The van der Waals surface area contributed by atoms with Gasteiger partial charge in [-0.1, -0.05) is 0 Å². The predicted molar refractivity (Wildman–Crippen MR) is 109 cm³/mol. The molecule has 29 heavy (non-hydrogen) atoms. The lowest BCUT2D eigenvalue weighted by atomic mass is 10.2. The van der Waals surface area contributed by atoms with Gasteiger partial charge in [-0.2, -0.15) is 22.0 Å². The van der Waals surface area contributed by atoms with Crippen LogP contribution >= 0.6 is 0 Å². The SMILES string of the molecule is CN(C)S(=O)(=O)N1CCCN(c2ccn3cc(-c4ccc(F)cc4)nc3n2)CC1. The minimum atomic E-state index is -3.42. The minimum absolute atomic E-state index is 0.288. The lowest BCUT2D eigenvalue weighted by Crippen LogP contribution is -2.42. The summed E-state index contributed by atoms with van der Waals surface area (Å²) in [5.41, 5.74) is 1.53. The van der Waals surface area contributed by atoms with E-state index in [-0.39, 0.29) is 5.82 Å². The smallest absolute Gasteiger partial charge is 0.281 e. The van der Waals surface area contributed by atoms with E-state index in [1.54, 1.807) is 26.2 Å². The molecule has 1 fully saturated rings. The van der Waals surface area contributed by atoms with Crippen molar-refractivity contribution in [2.75, 3.05) is 45.2 Å². The molecule has 0 saturated carbocycles. The van der Waals surface area contributed by atoms with E-state index in [0.717, 1.165) is 17.8 Å². The molecule has 0 aliphatic carbocycles. The van der Waals surface area contributed by atoms with E-state index in [0.29, 0.717) is 37.7 Å². The molecule has 0 atom stereocenters. The van der Waals surface area contributed by atoms with E-state index in [9.17, 15) is 12.8 Å². The number of nitrogens with zero attached hydrogens (tertiary/aromatic N) is 6. The van der Waals surface area contributed by atoms with Gasteiger partial charge in [0.25, 0.3) is 10.2 Å². The molecule has 0 spiro atoms. The van der Waals surface area contributed by atoms with Crippen LogP contribution in [-0.2, 0) is 10.2 Å². The first-order chi connectivity index (χ1) is 13.8. The monoisotopic (exact) mass is 418 g/mol. The van der Waals surface area contributed by atoms with Crippen LogP contribution in [0.4, 0.5) is 10.2 Å². The van der Waals surface area contributed by atoms with Gasteiger partial charge < -0.3 is 4.90 Å². The summed E-state index contributed by atoms with van der Waals surface area (Å²) < 4.78 is 42.5. The molecule has 1 aliphatic heterocycles. The lowest BCUT2D eigenvalue weighted by Gasteiger charge is -2.24. The molecule has 1 aromatic carbocycles. The second-order valence-corrected chi connectivity index (χ2v) is 9.30. The topological polar surface area (TPSA) is 74.1 Å². The molecule has 8 nitrogen and oxygen atoms in total. The van der Waals surface area contributed by atoms with Crippen molar-refractivity contribution >= 4 is 21.8 Å². The highest BCUT2D eigenvalue weighted by atomic mass is 32.2. The number of benzene rings is 1. The number of aromatic nitrogens is 3. The number of rotatable bonds is 4. The quantitative estimate of drug-likeness (QED) is 0.647. The van der Waals surface area contributed by atoms with E-state index < -0.39 is 10.2 Å². The Bertz CT molecular complexity index is 1110. The standard InChI is InChI=1S/C19H23FN6O2S/c1-23(2)29(27,28)26-10-3-9-24(12-13-26)18-8-11-25-14-17(21-19(25)22-18)15-4-6-16(20)7-5-15/h4-8,11,14H,3,9-10,12-13H2,1-2H3. The van der Waals surface area contributed by atoms with E-state index in [2.05, 4.69) is 14.9 Å². The highest BCUT2D eigenvalue weighted by Crippen LogP contribution is 2.21. The van der Waals surface area contributed by atoms with Crippen molar-refractivity contribution in [1.82, 2.24) is 23.0 Å². The zero-order valence-electron chi connectivity index (χ0n) is 16.4. The maximum atomic E-state index is 13.2. The molecule has 3 aromatic rings. The van der Waals surface area contributed by atoms with Crippen LogP contribution < -0.4 is 4.90 Å². The second-order valence-electron chi connectivity index (χ2n) is 7.16. The first-order valence-electron chi connectivity index (χ1n) is 9.39. The molecule has 4 rings (SSSR count). The maximum Gasteiger partial charge on any atom is 0.281 e. The number of halogens is 1. The number of imidazole rings is 1. The highest BCUT2D eigenvalue weighted by Gasteiger charge is 2.27. The van der Waals surface area contributed by atoms with Gasteiger partial charge in [0.2, 0.25) is 5.78 Å². The van der Waals surface area contributed by atoms with Gasteiger partial charge in [0.15, 0.2) is 0 Å². The Morgan fingerprint density at radius 3 is 2.48 bits per heavy atom. The van der Waals surface area contributed by atoms with Crippen LogP contribution in [0.2, 0.25) is 0 Å². The van der Waals surface area contributed by atoms with Crippen molar-refractivity contribution in [3.63, 3.8) is 0 Å². The van der Waals surface area contributed by atoms with Crippen molar-refractivity contribution in [2.45, 2.75) is 6.42 Å². The molecule has 0 radical (unpaired) electrons. The summed E-state index contributed by atoms with van der Waals surface area (Å²) >= 11 is 0. The molecular weight excluding hydrogens is 395 g/mol. The third-order valence-electron chi connectivity index (χ3n) is 5.02. The molecule has 0 N–H and O–H groups in total. The van der Waals surface area contributed by atoms with Crippen molar-refractivity contribution in [3.8, 4) is 11.3 Å². The number of fused-ring (bicyclic) bond motifs is 1. The highest BCUT2D eigenvalue weighted by molar-refractivity contribution is 7.86. The Balaban J connectivity index is 1.56. The Hall–Kier alpha value is -2.56. The summed E-state index contributed by atoms with van der Waals surface area (Å²) in [5, 5.41) is 0. The van der Waals surface area contributed by atoms with Crippen molar-refractivity contribution in [1.29, 1.82) is 0 Å². The largest absolute Gasteiger partial charge is 0.355 e. The van der Waals surface area contributed by atoms with Gasteiger partial charge in [-0.15, -0.1) is 0 Å². The summed E-state index contributed by atoms with van der Waals surface area (Å²) in [6, 6.07) is 8.09. The van der Waals surface area contributed by atoms with Crippen LogP contribution in [0.5, 0.6) is 0 Å². The van der Waals surface area contributed by atoms with Crippen LogP contribution in [0.15, 0.2) is 42.7 Å². The third kappa shape index (κ3) is 3.96. The van der Waals surface area contributed by atoms with Gasteiger partial charge in [-0.25, -0.2) is 9.37 Å². The summed E-state index contributed by atoms with van der Waals surface area (Å²) in [4.78, 5) is 11.3. The normalized spacial score (nSPS) is 16.5. The zero-order valence-corrected chi connectivity index (χ0v) is 17.2. The third-order valence-corrected chi connectivity index (χ3v) is 6.96. The molecule has 3 heterocycles. The van der Waals surface area contributed by atoms with E-state index in [1.165, 1.54) is 20.7 Å². The van der Waals surface area contributed by atoms with Gasteiger partial charge in [0, 0.05) is 58.2 Å². The molecule has 154 valence electrons. The molecule has 0 amide bonds.